The van der Waals surface area contributed by atoms with E-state index in [0.717, 1.165) is 0 Å². The van der Waals surface area contributed by atoms with Crippen LogP contribution in [-0.2, 0) is 9.59 Å². The average Bonchev–Trinajstić information content (AvgIpc) is 2.05. The molecule has 0 N–H and O–H groups in total. The van der Waals surface area contributed by atoms with E-state index in [1.54, 1.807) is 0 Å². The van der Waals surface area contributed by atoms with E-state index in [1.807, 2.05) is 0 Å². The Kier molecular flexibility index (Phi) is 4.99. The lowest BCUT2D eigenvalue weighted by molar-refractivity contribution is -0.333. The van der Waals surface area contributed by atoms with Crippen LogP contribution in [0.3, 0.4) is 0 Å². The van der Waals surface area contributed by atoms with Gasteiger partial charge in [-0.15, -0.1) is 0 Å². The first-order valence-corrected chi connectivity index (χ1v) is 4.42. The fourth-order valence-corrected chi connectivity index (χ4v) is 1.16. The summed E-state index contributed by atoms with van der Waals surface area (Å²) in [5, 5.41) is 20.2. The van der Waals surface area contributed by atoms with Crippen molar-refractivity contribution in [2.24, 2.45) is 11.8 Å². The number of aliphatic carboxylic acids is 2. The van der Waals surface area contributed by atoms with Gasteiger partial charge in [0.1, 0.15) is 0 Å². The third kappa shape index (κ3) is 4.80. The van der Waals surface area contributed by atoms with Crippen molar-refractivity contribution in [3.05, 3.63) is 0 Å². The number of halogens is 6. The molecule has 0 aliphatic heterocycles. The van der Waals surface area contributed by atoms with Gasteiger partial charge in [-0.1, -0.05) is 0 Å². The van der Waals surface area contributed by atoms with Crippen molar-refractivity contribution in [1.82, 2.24) is 0 Å². The summed E-state index contributed by atoms with van der Waals surface area (Å²) in [5.41, 5.74) is 0. The minimum Gasteiger partial charge on any atom is -0.550 e. The van der Waals surface area contributed by atoms with Crippen LogP contribution in [0.1, 0.15) is 12.8 Å². The predicted molar refractivity (Wildman–Crippen MR) is 38.3 cm³/mol. The molecule has 0 rings (SSSR count). The molecule has 0 amide bonds. The van der Waals surface area contributed by atoms with Gasteiger partial charge in [0.05, 0.1) is 23.8 Å². The zero-order chi connectivity index (χ0) is 14.7. The van der Waals surface area contributed by atoms with Crippen LogP contribution in [0.15, 0.2) is 0 Å². The largest absolute Gasteiger partial charge is 0.550 e. The maximum atomic E-state index is 12.1. The molecule has 10 heteroatoms. The van der Waals surface area contributed by atoms with Gasteiger partial charge in [0, 0.05) is 0 Å². The number of carbonyl (C=O) groups is 2. The molecule has 2 atom stereocenters. The van der Waals surface area contributed by atoms with Gasteiger partial charge >= 0.3 is 12.4 Å². The Hall–Kier alpha value is -1.48. The predicted octanol–water partition coefficient (Wildman–Crippen LogP) is -0.377. The molecule has 0 aliphatic rings. The van der Waals surface area contributed by atoms with Gasteiger partial charge in [0.25, 0.3) is 0 Å². The number of carboxylic acids is 2. The molecular formula is C8H6F6O4-2. The van der Waals surface area contributed by atoms with E-state index in [0.29, 0.717) is 0 Å². The Morgan fingerprint density at radius 3 is 1.11 bits per heavy atom. The highest BCUT2D eigenvalue weighted by molar-refractivity contribution is 5.70. The van der Waals surface area contributed by atoms with E-state index in [4.69, 9.17) is 0 Å². The Labute approximate surface area is 96.2 Å². The van der Waals surface area contributed by atoms with Gasteiger partial charge in [-0.25, -0.2) is 0 Å². The lowest BCUT2D eigenvalue weighted by Gasteiger charge is -2.25. The second-order valence-corrected chi connectivity index (χ2v) is 3.40. The molecule has 2 unspecified atom stereocenters. The van der Waals surface area contributed by atoms with E-state index in [1.165, 1.54) is 0 Å². The minimum atomic E-state index is -5.30. The molecular weight excluding hydrogens is 274 g/mol. The van der Waals surface area contributed by atoms with Crippen LogP contribution in [0.2, 0.25) is 0 Å². The minimum absolute atomic E-state index is 1.55. The van der Waals surface area contributed by atoms with Crippen LogP contribution in [-0.4, -0.2) is 24.3 Å². The fraction of sp³-hybridized carbons (Fsp3) is 0.750. The lowest BCUT2D eigenvalue weighted by Crippen LogP contribution is -2.44. The van der Waals surface area contributed by atoms with E-state index >= 15 is 0 Å². The lowest BCUT2D eigenvalue weighted by atomic mass is 9.95. The SMILES string of the molecule is O=C([O-])C(CCC(C(=O)[O-])C(F)(F)F)C(F)(F)F. The molecule has 0 saturated carbocycles. The number of hydrogen-bond acceptors (Lipinski definition) is 4. The fourth-order valence-electron chi connectivity index (χ4n) is 1.16. The van der Waals surface area contributed by atoms with Crippen molar-refractivity contribution in [3.63, 3.8) is 0 Å². The first kappa shape index (κ1) is 16.5. The molecule has 106 valence electrons. The van der Waals surface area contributed by atoms with Gasteiger partial charge in [-0.05, 0) is 12.8 Å². The molecule has 0 radical (unpaired) electrons. The molecule has 0 spiro atoms. The molecule has 0 aromatic rings. The summed E-state index contributed by atoms with van der Waals surface area (Å²) in [6.45, 7) is 0. The highest BCUT2D eigenvalue weighted by atomic mass is 19.4. The number of hydrogen-bond donors (Lipinski definition) is 0. The third-order valence-electron chi connectivity index (χ3n) is 2.10. The van der Waals surface area contributed by atoms with Crippen molar-refractivity contribution in [2.45, 2.75) is 25.2 Å². The van der Waals surface area contributed by atoms with Gasteiger partial charge in [-0.3, -0.25) is 0 Å². The van der Waals surface area contributed by atoms with Crippen LogP contribution < -0.4 is 10.2 Å². The Morgan fingerprint density at radius 1 is 0.778 bits per heavy atom. The summed E-state index contributed by atoms with van der Waals surface area (Å²) in [5.74, 6) is -11.5. The third-order valence-corrected chi connectivity index (χ3v) is 2.10. The Morgan fingerprint density at radius 2 is 1.00 bits per heavy atom. The van der Waals surface area contributed by atoms with Crippen molar-refractivity contribution < 1.29 is 46.1 Å². The summed E-state index contributed by atoms with van der Waals surface area (Å²) in [4.78, 5) is 20.2. The van der Waals surface area contributed by atoms with E-state index in [2.05, 4.69) is 0 Å². The molecule has 0 heterocycles. The van der Waals surface area contributed by atoms with Crippen LogP contribution in [0.5, 0.6) is 0 Å². The molecule has 4 nitrogen and oxygen atoms in total. The topological polar surface area (TPSA) is 80.3 Å². The average molecular weight is 280 g/mol. The molecule has 0 aromatic heterocycles. The summed E-state index contributed by atoms with van der Waals surface area (Å²) >= 11 is 0. The standard InChI is InChI=1S/C8H8F6O4/c9-7(10,11)3(5(15)16)1-2-4(6(17)18)8(12,13)14/h3-4H,1-2H2,(H,15,16)(H,17,18)/p-2. The van der Waals surface area contributed by atoms with E-state index in [9.17, 15) is 46.1 Å². The molecule has 0 fully saturated rings. The molecule has 0 aromatic carbocycles. The maximum Gasteiger partial charge on any atom is 0.396 e. The van der Waals surface area contributed by atoms with Crippen molar-refractivity contribution in [3.8, 4) is 0 Å². The zero-order valence-corrected chi connectivity index (χ0v) is 8.47. The molecule has 0 aliphatic carbocycles. The monoisotopic (exact) mass is 280 g/mol. The highest BCUT2D eigenvalue weighted by Gasteiger charge is 2.44. The molecule has 0 saturated heterocycles. The smallest absolute Gasteiger partial charge is 0.396 e. The Bertz CT molecular complexity index is 289. The number of carbonyl (C=O) groups excluding carboxylic acids is 2. The normalized spacial score (nSPS) is 16.1. The zero-order valence-electron chi connectivity index (χ0n) is 8.47. The number of carboxylic acid groups (broad SMARTS) is 2. The second kappa shape index (κ2) is 5.44. The van der Waals surface area contributed by atoms with Gasteiger partial charge in [-0.2, -0.15) is 26.3 Å². The van der Waals surface area contributed by atoms with Crippen LogP contribution >= 0.6 is 0 Å². The summed E-state index contributed by atoms with van der Waals surface area (Å²) in [6.07, 6.45) is -13.7. The molecule has 18 heavy (non-hydrogen) atoms. The van der Waals surface area contributed by atoms with Gasteiger partial charge < -0.3 is 19.8 Å². The van der Waals surface area contributed by atoms with Crippen LogP contribution in [0.4, 0.5) is 26.3 Å². The summed E-state index contributed by atoms with van der Waals surface area (Å²) in [7, 11) is 0. The van der Waals surface area contributed by atoms with Crippen molar-refractivity contribution in [1.29, 1.82) is 0 Å². The number of alkyl halides is 6. The number of rotatable bonds is 5. The summed E-state index contributed by atoms with van der Waals surface area (Å²) < 4.78 is 72.3. The first-order chi connectivity index (χ1) is 7.87. The van der Waals surface area contributed by atoms with E-state index < -0.39 is 49.0 Å². The highest BCUT2D eigenvalue weighted by Crippen LogP contribution is 2.35. The van der Waals surface area contributed by atoms with Crippen LogP contribution in [0.25, 0.3) is 0 Å². The van der Waals surface area contributed by atoms with Gasteiger partial charge in [0.2, 0.25) is 0 Å². The Balaban J connectivity index is 4.80. The first-order valence-electron chi connectivity index (χ1n) is 4.42. The maximum absolute atomic E-state index is 12.1. The van der Waals surface area contributed by atoms with Crippen LogP contribution in [0, 0.1) is 11.8 Å². The quantitative estimate of drug-likeness (QED) is 0.643. The molecule has 0 bridgehead atoms. The van der Waals surface area contributed by atoms with Crippen molar-refractivity contribution >= 4 is 11.9 Å². The second-order valence-electron chi connectivity index (χ2n) is 3.40. The van der Waals surface area contributed by atoms with Crippen molar-refractivity contribution in [2.75, 3.05) is 0 Å². The van der Waals surface area contributed by atoms with Gasteiger partial charge in [0.15, 0.2) is 0 Å². The van der Waals surface area contributed by atoms with E-state index in [-0.39, 0.29) is 0 Å². The summed E-state index contributed by atoms with van der Waals surface area (Å²) in [6, 6.07) is 0.